The standard InChI is InChI=1S/C12H11N3O/c1-8-4-6-14-7-10(8)11(16)9-3-2-5-15-12(9)13/h2-7H,1H3,(H2,13,15). The molecule has 4 nitrogen and oxygen atoms in total. The summed E-state index contributed by atoms with van der Waals surface area (Å²) in [6.45, 7) is 1.86. The van der Waals surface area contributed by atoms with Crippen LogP contribution >= 0.6 is 0 Å². The molecule has 2 aromatic heterocycles. The highest BCUT2D eigenvalue weighted by atomic mass is 16.1. The van der Waals surface area contributed by atoms with Crippen LogP contribution in [0.15, 0.2) is 36.8 Å². The lowest BCUT2D eigenvalue weighted by molar-refractivity contribution is 0.103. The van der Waals surface area contributed by atoms with E-state index in [9.17, 15) is 4.79 Å². The van der Waals surface area contributed by atoms with Crippen molar-refractivity contribution in [2.75, 3.05) is 5.73 Å². The fraction of sp³-hybridized carbons (Fsp3) is 0.0833. The molecule has 0 unspecified atom stereocenters. The topological polar surface area (TPSA) is 68.9 Å². The third-order valence-corrected chi connectivity index (χ3v) is 2.37. The molecule has 0 saturated carbocycles. The van der Waals surface area contributed by atoms with E-state index in [2.05, 4.69) is 9.97 Å². The Kier molecular flexibility index (Phi) is 2.64. The Morgan fingerprint density at radius 1 is 1.25 bits per heavy atom. The first-order valence-corrected chi connectivity index (χ1v) is 4.86. The molecule has 0 aliphatic rings. The Labute approximate surface area is 93.2 Å². The Hall–Kier alpha value is -2.23. The number of anilines is 1. The maximum absolute atomic E-state index is 12.1. The molecule has 0 bridgehead atoms. The van der Waals surface area contributed by atoms with Crippen molar-refractivity contribution in [3.05, 3.63) is 53.5 Å². The van der Waals surface area contributed by atoms with E-state index in [1.807, 2.05) is 6.92 Å². The van der Waals surface area contributed by atoms with Gasteiger partial charge in [0.15, 0.2) is 5.78 Å². The summed E-state index contributed by atoms with van der Waals surface area (Å²) in [5.74, 6) is 0.104. The van der Waals surface area contributed by atoms with Gasteiger partial charge in [0.25, 0.3) is 0 Å². The van der Waals surface area contributed by atoms with Gasteiger partial charge in [0.1, 0.15) is 5.82 Å². The van der Waals surface area contributed by atoms with E-state index in [4.69, 9.17) is 5.73 Å². The van der Waals surface area contributed by atoms with Crippen LogP contribution in [0.3, 0.4) is 0 Å². The molecule has 2 N–H and O–H groups in total. The van der Waals surface area contributed by atoms with E-state index >= 15 is 0 Å². The van der Waals surface area contributed by atoms with Gasteiger partial charge in [-0.1, -0.05) is 0 Å². The van der Waals surface area contributed by atoms with Crippen LogP contribution in [0.5, 0.6) is 0 Å². The van der Waals surface area contributed by atoms with E-state index in [-0.39, 0.29) is 11.6 Å². The molecule has 0 amide bonds. The second-order valence-corrected chi connectivity index (χ2v) is 3.46. The summed E-state index contributed by atoms with van der Waals surface area (Å²) in [4.78, 5) is 20.0. The van der Waals surface area contributed by atoms with E-state index < -0.39 is 0 Å². The van der Waals surface area contributed by atoms with Gasteiger partial charge in [0.05, 0.1) is 5.56 Å². The van der Waals surface area contributed by atoms with Gasteiger partial charge in [-0.3, -0.25) is 9.78 Å². The molecule has 0 fully saturated rings. The number of aromatic nitrogens is 2. The molecule has 16 heavy (non-hydrogen) atoms. The number of nitrogens with two attached hydrogens (primary N) is 1. The van der Waals surface area contributed by atoms with Crippen molar-refractivity contribution in [2.45, 2.75) is 6.92 Å². The lowest BCUT2D eigenvalue weighted by Crippen LogP contribution is -2.08. The van der Waals surface area contributed by atoms with Gasteiger partial charge in [-0.2, -0.15) is 0 Å². The number of nitrogen functional groups attached to an aromatic ring is 1. The van der Waals surface area contributed by atoms with Crippen molar-refractivity contribution in [1.29, 1.82) is 0 Å². The zero-order valence-corrected chi connectivity index (χ0v) is 8.84. The first-order valence-electron chi connectivity index (χ1n) is 4.86. The SMILES string of the molecule is Cc1ccncc1C(=O)c1cccnc1N. The van der Waals surface area contributed by atoms with Gasteiger partial charge in [-0.05, 0) is 30.7 Å². The van der Waals surface area contributed by atoms with Gasteiger partial charge in [-0.15, -0.1) is 0 Å². The zero-order chi connectivity index (χ0) is 11.5. The van der Waals surface area contributed by atoms with Crippen LogP contribution in [-0.2, 0) is 0 Å². The molecule has 0 atom stereocenters. The van der Waals surface area contributed by atoms with E-state index in [0.717, 1.165) is 5.56 Å². The van der Waals surface area contributed by atoms with Gasteiger partial charge in [0.2, 0.25) is 0 Å². The molecule has 2 rings (SSSR count). The highest BCUT2D eigenvalue weighted by Crippen LogP contribution is 2.15. The Morgan fingerprint density at radius 3 is 2.75 bits per heavy atom. The molecule has 0 aliphatic heterocycles. The predicted octanol–water partition coefficient (Wildman–Crippen LogP) is 1.60. The van der Waals surface area contributed by atoms with Crippen molar-refractivity contribution in [3.63, 3.8) is 0 Å². The van der Waals surface area contributed by atoms with Crippen molar-refractivity contribution in [2.24, 2.45) is 0 Å². The van der Waals surface area contributed by atoms with Crippen molar-refractivity contribution >= 4 is 11.6 Å². The molecule has 0 spiro atoms. The van der Waals surface area contributed by atoms with Crippen molar-refractivity contribution in [3.8, 4) is 0 Å². The number of carbonyl (C=O) groups is 1. The summed E-state index contributed by atoms with van der Waals surface area (Å²) in [6, 6.07) is 5.15. The lowest BCUT2D eigenvalue weighted by atomic mass is 10.0. The molecule has 0 saturated heterocycles. The highest BCUT2D eigenvalue weighted by molar-refractivity contribution is 6.12. The normalized spacial score (nSPS) is 10.1. The second kappa shape index (κ2) is 4.10. The Morgan fingerprint density at radius 2 is 2.06 bits per heavy atom. The number of hydrogen-bond acceptors (Lipinski definition) is 4. The molecule has 0 aliphatic carbocycles. The average Bonchev–Trinajstić information content (AvgIpc) is 2.29. The number of rotatable bonds is 2. The first-order chi connectivity index (χ1) is 7.70. The first kappa shape index (κ1) is 10.3. The van der Waals surface area contributed by atoms with E-state index in [1.54, 1.807) is 36.8 Å². The number of pyridine rings is 2. The third-order valence-electron chi connectivity index (χ3n) is 2.37. The van der Waals surface area contributed by atoms with E-state index in [1.165, 1.54) is 0 Å². The summed E-state index contributed by atoms with van der Waals surface area (Å²) in [5, 5.41) is 0. The number of carbonyl (C=O) groups excluding carboxylic acids is 1. The monoisotopic (exact) mass is 213 g/mol. The molecular formula is C12H11N3O. The fourth-order valence-corrected chi connectivity index (χ4v) is 1.46. The van der Waals surface area contributed by atoms with Gasteiger partial charge < -0.3 is 5.73 Å². The smallest absolute Gasteiger partial charge is 0.198 e. The highest BCUT2D eigenvalue weighted by Gasteiger charge is 2.14. The lowest BCUT2D eigenvalue weighted by Gasteiger charge is -2.05. The van der Waals surface area contributed by atoms with Gasteiger partial charge in [0, 0.05) is 24.2 Å². The zero-order valence-electron chi connectivity index (χ0n) is 8.84. The minimum absolute atomic E-state index is 0.142. The van der Waals surface area contributed by atoms with Crippen LogP contribution in [0.1, 0.15) is 21.5 Å². The van der Waals surface area contributed by atoms with Gasteiger partial charge in [-0.25, -0.2) is 4.98 Å². The minimum atomic E-state index is -0.142. The molecule has 4 heteroatoms. The van der Waals surface area contributed by atoms with Crippen LogP contribution in [0.4, 0.5) is 5.82 Å². The van der Waals surface area contributed by atoms with Crippen LogP contribution in [0.25, 0.3) is 0 Å². The van der Waals surface area contributed by atoms with Crippen molar-refractivity contribution in [1.82, 2.24) is 9.97 Å². The molecule has 2 heterocycles. The second-order valence-electron chi connectivity index (χ2n) is 3.46. The Balaban J connectivity index is 2.48. The van der Waals surface area contributed by atoms with E-state index in [0.29, 0.717) is 11.1 Å². The predicted molar refractivity (Wildman–Crippen MR) is 61.1 cm³/mol. The van der Waals surface area contributed by atoms with Gasteiger partial charge >= 0.3 is 0 Å². The summed E-state index contributed by atoms with van der Waals surface area (Å²) in [7, 11) is 0. The average molecular weight is 213 g/mol. The number of nitrogens with zero attached hydrogens (tertiary/aromatic N) is 2. The third kappa shape index (κ3) is 1.77. The minimum Gasteiger partial charge on any atom is -0.383 e. The van der Waals surface area contributed by atoms with Crippen molar-refractivity contribution < 1.29 is 4.79 Å². The maximum atomic E-state index is 12.1. The summed E-state index contributed by atoms with van der Waals surface area (Å²) < 4.78 is 0. The summed E-state index contributed by atoms with van der Waals surface area (Å²) >= 11 is 0. The molecule has 0 aromatic carbocycles. The summed E-state index contributed by atoms with van der Waals surface area (Å²) in [5.41, 5.74) is 7.51. The molecule has 2 aromatic rings. The molecule has 80 valence electrons. The van der Waals surface area contributed by atoms with Crippen LogP contribution in [0, 0.1) is 6.92 Å². The number of aryl methyl sites for hydroxylation is 1. The number of ketones is 1. The van der Waals surface area contributed by atoms with Crippen LogP contribution in [-0.4, -0.2) is 15.8 Å². The fourth-order valence-electron chi connectivity index (χ4n) is 1.46. The Bertz CT molecular complexity index is 490. The molecule has 0 radical (unpaired) electrons. The van der Waals surface area contributed by atoms with Crippen LogP contribution in [0.2, 0.25) is 0 Å². The quantitative estimate of drug-likeness (QED) is 0.769. The molecular weight excluding hydrogens is 202 g/mol. The maximum Gasteiger partial charge on any atom is 0.198 e. The summed E-state index contributed by atoms with van der Waals surface area (Å²) in [6.07, 6.45) is 4.75. The largest absolute Gasteiger partial charge is 0.383 e. The van der Waals surface area contributed by atoms with Crippen LogP contribution < -0.4 is 5.73 Å². The number of hydrogen-bond donors (Lipinski definition) is 1.